The first kappa shape index (κ1) is 9.33. The zero-order valence-corrected chi connectivity index (χ0v) is 8.52. The average Bonchev–Trinajstić information content (AvgIpc) is 2.06. The van der Waals surface area contributed by atoms with Gasteiger partial charge in [-0.25, -0.2) is 0 Å². The molecule has 0 saturated heterocycles. The highest BCUT2D eigenvalue weighted by Crippen LogP contribution is 2.20. The zero-order chi connectivity index (χ0) is 9.14. The maximum atomic E-state index is 4.42. The molecule has 0 aliphatic heterocycles. The van der Waals surface area contributed by atoms with Crippen LogP contribution >= 0.6 is 12.6 Å². The zero-order valence-electron chi connectivity index (χ0n) is 7.63. The van der Waals surface area contributed by atoms with E-state index in [1.165, 1.54) is 11.1 Å². The van der Waals surface area contributed by atoms with Crippen molar-refractivity contribution in [3.8, 4) is 0 Å². The highest BCUT2D eigenvalue weighted by Gasteiger charge is 2.01. The number of aliphatic imine (C=N–C) groups is 1. The molecular weight excluding hydrogens is 166 g/mol. The van der Waals surface area contributed by atoms with Gasteiger partial charge in [-0.2, -0.15) is 0 Å². The van der Waals surface area contributed by atoms with Gasteiger partial charge in [-0.3, -0.25) is 4.99 Å². The summed E-state index contributed by atoms with van der Waals surface area (Å²) in [7, 11) is 1.77. The van der Waals surface area contributed by atoms with Crippen molar-refractivity contribution in [3.05, 3.63) is 28.8 Å². The molecule has 0 spiro atoms. The second-order valence-electron chi connectivity index (χ2n) is 2.85. The summed E-state index contributed by atoms with van der Waals surface area (Å²) in [6.45, 7) is 4.12. The third kappa shape index (κ3) is 1.69. The van der Waals surface area contributed by atoms with Gasteiger partial charge < -0.3 is 0 Å². The molecule has 64 valence electrons. The van der Waals surface area contributed by atoms with Crippen LogP contribution in [0.3, 0.4) is 0 Å². The monoisotopic (exact) mass is 179 g/mol. The second kappa shape index (κ2) is 3.76. The van der Waals surface area contributed by atoms with E-state index in [4.69, 9.17) is 0 Å². The van der Waals surface area contributed by atoms with Gasteiger partial charge in [-0.05, 0) is 25.0 Å². The quantitative estimate of drug-likeness (QED) is 0.502. The lowest BCUT2D eigenvalue weighted by Crippen LogP contribution is -1.91. The molecule has 0 radical (unpaired) electrons. The van der Waals surface area contributed by atoms with Crippen LogP contribution in [0.4, 0.5) is 0 Å². The van der Waals surface area contributed by atoms with E-state index in [2.05, 4.69) is 43.6 Å². The fraction of sp³-hybridized carbons (Fsp3) is 0.300. The molecule has 0 atom stereocenters. The van der Waals surface area contributed by atoms with E-state index in [-0.39, 0.29) is 0 Å². The van der Waals surface area contributed by atoms with Crippen LogP contribution in [0.2, 0.25) is 0 Å². The van der Waals surface area contributed by atoms with Gasteiger partial charge in [-0.1, -0.05) is 12.1 Å². The van der Waals surface area contributed by atoms with Gasteiger partial charge in [0.15, 0.2) is 0 Å². The van der Waals surface area contributed by atoms with Crippen molar-refractivity contribution in [1.29, 1.82) is 0 Å². The van der Waals surface area contributed by atoms with Gasteiger partial charge in [0, 0.05) is 23.7 Å². The van der Waals surface area contributed by atoms with Crippen molar-refractivity contribution >= 4 is 18.8 Å². The van der Waals surface area contributed by atoms with Gasteiger partial charge in [0.2, 0.25) is 0 Å². The number of benzene rings is 1. The van der Waals surface area contributed by atoms with Crippen LogP contribution < -0.4 is 0 Å². The molecule has 0 amide bonds. The van der Waals surface area contributed by atoms with Crippen molar-refractivity contribution < 1.29 is 0 Å². The van der Waals surface area contributed by atoms with Crippen LogP contribution in [0, 0.1) is 13.8 Å². The van der Waals surface area contributed by atoms with Crippen LogP contribution in [0.25, 0.3) is 0 Å². The lowest BCUT2D eigenvalue weighted by atomic mass is 10.1. The molecule has 0 aliphatic carbocycles. The Labute approximate surface area is 78.9 Å². The van der Waals surface area contributed by atoms with Crippen LogP contribution in [0.5, 0.6) is 0 Å². The number of aryl methyl sites for hydroxylation is 2. The van der Waals surface area contributed by atoms with E-state index in [1.807, 2.05) is 6.21 Å². The average molecular weight is 179 g/mol. The lowest BCUT2D eigenvalue weighted by Gasteiger charge is -2.06. The van der Waals surface area contributed by atoms with Crippen molar-refractivity contribution in [1.82, 2.24) is 0 Å². The Morgan fingerprint density at radius 2 is 1.83 bits per heavy atom. The number of thiol groups is 1. The Kier molecular flexibility index (Phi) is 2.93. The van der Waals surface area contributed by atoms with Crippen molar-refractivity contribution in [2.24, 2.45) is 4.99 Å². The van der Waals surface area contributed by atoms with Crippen LogP contribution in [0.15, 0.2) is 22.0 Å². The summed E-state index contributed by atoms with van der Waals surface area (Å²) in [4.78, 5) is 5.02. The minimum absolute atomic E-state index is 1.03. The molecule has 1 nitrogen and oxygen atoms in total. The molecule has 1 aromatic carbocycles. The van der Waals surface area contributed by atoms with E-state index in [1.54, 1.807) is 7.05 Å². The molecule has 0 N–H and O–H groups in total. The van der Waals surface area contributed by atoms with Crippen LogP contribution in [-0.2, 0) is 0 Å². The highest BCUT2D eigenvalue weighted by molar-refractivity contribution is 7.80. The minimum atomic E-state index is 1.03. The Morgan fingerprint density at radius 1 is 1.25 bits per heavy atom. The van der Waals surface area contributed by atoms with Crippen molar-refractivity contribution in [2.75, 3.05) is 7.05 Å². The van der Waals surface area contributed by atoms with Crippen LogP contribution in [-0.4, -0.2) is 13.3 Å². The van der Waals surface area contributed by atoms with Crippen LogP contribution in [0.1, 0.15) is 16.7 Å². The summed E-state index contributed by atoms with van der Waals surface area (Å²) in [6, 6.07) is 4.16. The Bertz CT molecular complexity index is 316. The van der Waals surface area contributed by atoms with Gasteiger partial charge in [-0.15, -0.1) is 12.6 Å². The SMILES string of the molecule is C/N=C\c1c(C)ccc(C)c1S. The number of nitrogens with zero attached hydrogens (tertiary/aromatic N) is 1. The smallest absolute Gasteiger partial charge is 0.0295 e. The summed E-state index contributed by atoms with van der Waals surface area (Å²) < 4.78 is 0. The molecule has 0 bridgehead atoms. The lowest BCUT2D eigenvalue weighted by molar-refractivity contribution is 1.25. The predicted octanol–water partition coefficient (Wildman–Crippen LogP) is 2.64. The van der Waals surface area contributed by atoms with Gasteiger partial charge in [0.05, 0.1) is 0 Å². The molecule has 0 aliphatic rings. The molecule has 0 heterocycles. The van der Waals surface area contributed by atoms with Gasteiger partial charge >= 0.3 is 0 Å². The summed E-state index contributed by atoms with van der Waals surface area (Å²) in [5.41, 5.74) is 3.54. The third-order valence-corrected chi connectivity index (χ3v) is 2.49. The number of hydrogen-bond donors (Lipinski definition) is 1. The predicted molar refractivity (Wildman–Crippen MR) is 56.7 cm³/mol. The summed E-state index contributed by atoms with van der Waals surface area (Å²) >= 11 is 4.42. The second-order valence-corrected chi connectivity index (χ2v) is 3.30. The van der Waals surface area contributed by atoms with Gasteiger partial charge in [0.25, 0.3) is 0 Å². The summed E-state index contributed by atoms with van der Waals surface area (Å²) in [5, 5.41) is 0. The standard InChI is InChI=1S/C10H13NS/c1-7-4-5-8(2)10(12)9(7)6-11-3/h4-6,12H,1-3H3/b11-6-. The fourth-order valence-electron chi connectivity index (χ4n) is 1.11. The molecule has 0 aromatic heterocycles. The van der Waals surface area contributed by atoms with E-state index in [0.717, 1.165) is 10.5 Å². The van der Waals surface area contributed by atoms with E-state index < -0.39 is 0 Å². The third-order valence-electron chi connectivity index (χ3n) is 1.90. The molecule has 0 unspecified atom stereocenters. The Hall–Kier alpha value is -0.760. The maximum Gasteiger partial charge on any atom is 0.0295 e. The Balaban J connectivity index is 3.32. The first-order valence-corrected chi connectivity index (χ1v) is 4.33. The molecule has 2 heteroatoms. The van der Waals surface area contributed by atoms with E-state index >= 15 is 0 Å². The first-order valence-electron chi connectivity index (χ1n) is 3.88. The first-order chi connectivity index (χ1) is 5.66. The summed E-state index contributed by atoms with van der Waals surface area (Å²) in [5.74, 6) is 0. The maximum absolute atomic E-state index is 4.42. The normalized spacial score (nSPS) is 11.0. The molecular formula is C10H13NS. The minimum Gasteiger partial charge on any atom is -0.296 e. The Morgan fingerprint density at radius 3 is 2.42 bits per heavy atom. The molecule has 1 aromatic rings. The number of hydrogen-bond acceptors (Lipinski definition) is 2. The van der Waals surface area contributed by atoms with Gasteiger partial charge in [0.1, 0.15) is 0 Å². The van der Waals surface area contributed by atoms with E-state index in [9.17, 15) is 0 Å². The largest absolute Gasteiger partial charge is 0.296 e. The van der Waals surface area contributed by atoms with Crippen molar-refractivity contribution in [2.45, 2.75) is 18.7 Å². The molecule has 0 saturated carbocycles. The fourth-order valence-corrected chi connectivity index (χ4v) is 1.42. The van der Waals surface area contributed by atoms with E-state index in [0.29, 0.717) is 0 Å². The van der Waals surface area contributed by atoms with Crippen molar-refractivity contribution in [3.63, 3.8) is 0 Å². The molecule has 1 rings (SSSR count). The summed E-state index contributed by atoms with van der Waals surface area (Å²) in [6.07, 6.45) is 1.85. The highest BCUT2D eigenvalue weighted by atomic mass is 32.1. The molecule has 0 fully saturated rings. The number of rotatable bonds is 1. The topological polar surface area (TPSA) is 12.4 Å². The molecule has 12 heavy (non-hydrogen) atoms.